The SMILES string of the molecule is CCC(C)[C@H](N)C(=O)Nc1cc(F)ccc1F. The van der Waals surface area contributed by atoms with Crippen molar-refractivity contribution in [3.05, 3.63) is 29.8 Å². The fourth-order valence-electron chi connectivity index (χ4n) is 1.32. The minimum Gasteiger partial charge on any atom is -0.322 e. The van der Waals surface area contributed by atoms with Gasteiger partial charge in [-0.1, -0.05) is 20.3 Å². The number of hydrogen-bond donors (Lipinski definition) is 2. The lowest BCUT2D eigenvalue weighted by molar-refractivity contribution is -0.118. The normalized spacial score (nSPS) is 14.2. The zero-order valence-electron chi connectivity index (χ0n) is 9.84. The first-order chi connectivity index (χ1) is 7.95. The van der Waals surface area contributed by atoms with E-state index in [9.17, 15) is 13.6 Å². The lowest BCUT2D eigenvalue weighted by Crippen LogP contribution is -2.40. The van der Waals surface area contributed by atoms with Gasteiger partial charge in [0.2, 0.25) is 5.91 Å². The van der Waals surface area contributed by atoms with Crippen molar-refractivity contribution in [3.8, 4) is 0 Å². The van der Waals surface area contributed by atoms with Crippen LogP contribution in [0, 0.1) is 17.6 Å². The summed E-state index contributed by atoms with van der Waals surface area (Å²) < 4.78 is 26.1. The molecule has 0 spiro atoms. The molecule has 5 heteroatoms. The third-order valence-electron chi connectivity index (χ3n) is 2.75. The summed E-state index contributed by atoms with van der Waals surface area (Å²) in [6.07, 6.45) is 0.736. The molecule has 1 rings (SSSR count). The second kappa shape index (κ2) is 5.72. The maximum absolute atomic E-state index is 13.3. The summed E-state index contributed by atoms with van der Waals surface area (Å²) in [5.74, 6) is -1.83. The van der Waals surface area contributed by atoms with E-state index >= 15 is 0 Å². The van der Waals surface area contributed by atoms with Crippen molar-refractivity contribution in [1.29, 1.82) is 0 Å². The molecule has 0 radical (unpaired) electrons. The highest BCUT2D eigenvalue weighted by Gasteiger charge is 2.20. The van der Waals surface area contributed by atoms with E-state index in [0.717, 1.165) is 24.6 Å². The van der Waals surface area contributed by atoms with Crippen LogP contribution in [0.15, 0.2) is 18.2 Å². The highest BCUT2D eigenvalue weighted by atomic mass is 19.1. The molecule has 0 bridgehead atoms. The van der Waals surface area contributed by atoms with E-state index in [1.807, 2.05) is 13.8 Å². The number of carbonyl (C=O) groups excluding carboxylic acids is 1. The molecule has 1 unspecified atom stereocenters. The molecule has 1 aromatic carbocycles. The standard InChI is InChI=1S/C12H16F2N2O/c1-3-7(2)11(15)12(17)16-10-6-8(13)4-5-9(10)14/h4-7,11H,3,15H2,1-2H3,(H,16,17)/t7?,11-/m0/s1. The van der Waals surface area contributed by atoms with E-state index in [1.54, 1.807) is 0 Å². The number of amides is 1. The van der Waals surface area contributed by atoms with E-state index in [4.69, 9.17) is 5.73 Å². The third kappa shape index (κ3) is 3.49. The number of benzene rings is 1. The second-order valence-corrected chi connectivity index (χ2v) is 4.02. The molecule has 17 heavy (non-hydrogen) atoms. The first kappa shape index (κ1) is 13.6. The molecular weight excluding hydrogens is 226 g/mol. The molecule has 0 fully saturated rings. The third-order valence-corrected chi connectivity index (χ3v) is 2.75. The van der Waals surface area contributed by atoms with Crippen LogP contribution >= 0.6 is 0 Å². The van der Waals surface area contributed by atoms with Gasteiger partial charge in [-0.2, -0.15) is 0 Å². The smallest absolute Gasteiger partial charge is 0.241 e. The van der Waals surface area contributed by atoms with E-state index in [1.165, 1.54) is 0 Å². The molecule has 0 heterocycles. The molecule has 0 aliphatic carbocycles. The number of hydrogen-bond acceptors (Lipinski definition) is 2. The summed E-state index contributed by atoms with van der Waals surface area (Å²) in [6, 6.07) is 2.14. The van der Waals surface area contributed by atoms with E-state index in [-0.39, 0.29) is 11.6 Å². The molecule has 0 aromatic heterocycles. The zero-order valence-corrected chi connectivity index (χ0v) is 9.84. The largest absolute Gasteiger partial charge is 0.322 e. The maximum Gasteiger partial charge on any atom is 0.241 e. The molecule has 0 aliphatic heterocycles. The average Bonchev–Trinajstić information content (AvgIpc) is 2.31. The van der Waals surface area contributed by atoms with Gasteiger partial charge >= 0.3 is 0 Å². The summed E-state index contributed by atoms with van der Waals surface area (Å²) in [5, 5.41) is 2.29. The highest BCUT2D eigenvalue weighted by Crippen LogP contribution is 2.16. The Morgan fingerprint density at radius 1 is 1.47 bits per heavy atom. The minimum absolute atomic E-state index is 0.0216. The Balaban J connectivity index is 2.77. The Hall–Kier alpha value is -1.49. The summed E-state index contributed by atoms with van der Waals surface area (Å²) in [5.41, 5.74) is 5.49. The molecule has 2 atom stereocenters. The summed E-state index contributed by atoms with van der Waals surface area (Å²) >= 11 is 0. The molecular formula is C12H16F2N2O. The van der Waals surface area contributed by atoms with Gasteiger partial charge in [-0.05, 0) is 18.1 Å². The van der Waals surface area contributed by atoms with E-state index < -0.39 is 23.6 Å². The van der Waals surface area contributed by atoms with Crippen molar-refractivity contribution in [2.45, 2.75) is 26.3 Å². The Labute approximate surface area is 99.0 Å². The lowest BCUT2D eigenvalue weighted by atomic mass is 9.99. The molecule has 3 nitrogen and oxygen atoms in total. The van der Waals surface area contributed by atoms with Crippen molar-refractivity contribution in [2.75, 3.05) is 5.32 Å². The molecule has 1 aromatic rings. The quantitative estimate of drug-likeness (QED) is 0.851. The van der Waals surface area contributed by atoms with Crippen molar-refractivity contribution >= 4 is 11.6 Å². The van der Waals surface area contributed by atoms with Gasteiger partial charge in [-0.25, -0.2) is 8.78 Å². The molecule has 1 amide bonds. The molecule has 3 N–H and O–H groups in total. The van der Waals surface area contributed by atoms with E-state index in [2.05, 4.69) is 5.32 Å². The number of anilines is 1. The predicted octanol–water partition coefficient (Wildman–Crippen LogP) is 2.28. The molecule has 0 saturated carbocycles. The van der Waals surface area contributed by atoms with E-state index in [0.29, 0.717) is 0 Å². The monoisotopic (exact) mass is 242 g/mol. The van der Waals surface area contributed by atoms with Crippen molar-refractivity contribution in [3.63, 3.8) is 0 Å². The Morgan fingerprint density at radius 3 is 2.71 bits per heavy atom. The number of nitrogens with two attached hydrogens (primary N) is 1. The first-order valence-corrected chi connectivity index (χ1v) is 5.47. The van der Waals surface area contributed by atoms with Crippen LogP contribution in [0.3, 0.4) is 0 Å². The maximum atomic E-state index is 13.3. The van der Waals surface area contributed by atoms with Crippen LogP contribution in [0.25, 0.3) is 0 Å². The van der Waals surface area contributed by atoms with Gasteiger partial charge in [0.1, 0.15) is 11.6 Å². The molecule has 0 aliphatic rings. The van der Waals surface area contributed by atoms with Gasteiger partial charge in [0, 0.05) is 6.07 Å². The lowest BCUT2D eigenvalue weighted by Gasteiger charge is -2.17. The van der Waals surface area contributed by atoms with Gasteiger partial charge in [0.05, 0.1) is 11.7 Å². The summed E-state index contributed by atoms with van der Waals surface area (Å²) in [4.78, 5) is 11.7. The first-order valence-electron chi connectivity index (χ1n) is 5.47. The average molecular weight is 242 g/mol. The minimum atomic E-state index is -0.734. The fraction of sp³-hybridized carbons (Fsp3) is 0.417. The predicted molar refractivity (Wildman–Crippen MR) is 62.4 cm³/mol. The van der Waals surface area contributed by atoms with Crippen LogP contribution in [-0.2, 0) is 4.79 Å². The number of carbonyl (C=O) groups is 1. The van der Waals surface area contributed by atoms with Crippen LogP contribution in [-0.4, -0.2) is 11.9 Å². The highest BCUT2D eigenvalue weighted by molar-refractivity contribution is 5.94. The van der Waals surface area contributed by atoms with Gasteiger partial charge < -0.3 is 11.1 Å². The van der Waals surface area contributed by atoms with Gasteiger partial charge in [-0.3, -0.25) is 4.79 Å². The van der Waals surface area contributed by atoms with Crippen LogP contribution in [0.1, 0.15) is 20.3 Å². The Bertz CT molecular complexity index is 409. The van der Waals surface area contributed by atoms with Crippen LogP contribution < -0.4 is 11.1 Å². The zero-order chi connectivity index (χ0) is 13.0. The van der Waals surface area contributed by atoms with Gasteiger partial charge in [-0.15, -0.1) is 0 Å². The Kier molecular flexibility index (Phi) is 4.57. The van der Waals surface area contributed by atoms with Crippen molar-refractivity contribution in [1.82, 2.24) is 0 Å². The fourth-order valence-corrected chi connectivity index (χ4v) is 1.32. The van der Waals surface area contributed by atoms with Gasteiger partial charge in [0.25, 0.3) is 0 Å². The Morgan fingerprint density at radius 2 is 2.12 bits per heavy atom. The summed E-state index contributed by atoms with van der Waals surface area (Å²) in [6.45, 7) is 3.73. The van der Waals surface area contributed by atoms with Crippen LogP contribution in [0.5, 0.6) is 0 Å². The topological polar surface area (TPSA) is 55.1 Å². The molecule has 94 valence electrons. The van der Waals surface area contributed by atoms with Crippen molar-refractivity contribution in [2.24, 2.45) is 11.7 Å². The van der Waals surface area contributed by atoms with Gasteiger partial charge in [0.15, 0.2) is 0 Å². The van der Waals surface area contributed by atoms with Crippen LogP contribution in [0.2, 0.25) is 0 Å². The van der Waals surface area contributed by atoms with Crippen LogP contribution in [0.4, 0.5) is 14.5 Å². The number of nitrogens with one attached hydrogen (secondary N) is 1. The number of rotatable bonds is 4. The number of halogens is 2. The summed E-state index contributed by atoms with van der Waals surface area (Å²) in [7, 11) is 0. The molecule has 0 saturated heterocycles. The van der Waals surface area contributed by atoms with Crippen molar-refractivity contribution < 1.29 is 13.6 Å². The second-order valence-electron chi connectivity index (χ2n) is 4.02.